The molecule has 1 aliphatic rings. The minimum atomic E-state index is 0.144. The van der Waals surface area contributed by atoms with Gasteiger partial charge in [0.05, 0.1) is 13.2 Å². The third kappa shape index (κ3) is 5.63. The molecule has 0 aromatic heterocycles. The van der Waals surface area contributed by atoms with Gasteiger partial charge in [0, 0.05) is 50.5 Å². The highest BCUT2D eigenvalue weighted by Crippen LogP contribution is 2.21. The summed E-state index contributed by atoms with van der Waals surface area (Å²) in [5.41, 5.74) is 2.25. The number of nitrogens with zero attached hydrogens (tertiary/aromatic N) is 3. The SMILES string of the molecule is CCOc1ccc(CN(C)C(=O)CN2CCN(c3cccc(Cl)c3)CC2)cc1. The van der Waals surface area contributed by atoms with Crippen LogP contribution in [-0.2, 0) is 11.3 Å². The lowest BCUT2D eigenvalue weighted by Gasteiger charge is -2.36. The second-order valence-corrected chi connectivity index (χ2v) is 7.51. The second kappa shape index (κ2) is 9.80. The highest BCUT2D eigenvalue weighted by Gasteiger charge is 2.21. The Balaban J connectivity index is 1.45. The number of rotatable bonds is 7. The molecule has 5 nitrogen and oxygen atoms in total. The number of hydrogen-bond donors (Lipinski definition) is 0. The van der Waals surface area contributed by atoms with E-state index in [4.69, 9.17) is 16.3 Å². The van der Waals surface area contributed by atoms with Crippen LogP contribution >= 0.6 is 11.6 Å². The number of amides is 1. The minimum absolute atomic E-state index is 0.144. The summed E-state index contributed by atoms with van der Waals surface area (Å²) in [6, 6.07) is 15.9. The molecule has 1 fully saturated rings. The van der Waals surface area contributed by atoms with E-state index in [9.17, 15) is 4.79 Å². The normalized spacial score (nSPS) is 14.8. The van der Waals surface area contributed by atoms with Crippen molar-refractivity contribution in [3.05, 3.63) is 59.1 Å². The third-order valence-corrected chi connectivity index (χ3v) is 5.22. The molecule has 0 atom stereocenters. The monoisotopic (exact) mass is 401 g/mol. The van der Waals surface area contributed by atoms with Gasteiger partial charge >= 0.3 is 0 Å². The van der Waals surface area contributed by atoms with E-state index in [1.54, 1.807) is 4.90 Å². The quantitative estimate of drug-likeness (QED) is 0.711. The molecule has 1 heterocycles. The molecule has 3 rings (SSSR count). The number of ether oxygens (including phenoxy) is 1. The first-order chi connectivity index (χ1) is 13.5. The van der Waals surface area contributed by atoms with Crippen molar-refractivity contribution in [2.45, 2.75) is 13.5 Å². The fourth-order valence-corrected chi connectivity index (χ4v) is 3.55. The summed E-state index contributed by atoms with van der Waals surface area (Å²) >= 11 is 6.09. The van der Waals surface area contributed by atoms with Crippen molar-refractivity contribution in [3.8, 4) is 5.75 Å². The maximum absolute atomic E-state index is 12.6. The van der Waals surface area contributed by atoms with Crippen LogP contribution < -0.4 is 9.64 Å². The molecule has 0 spiro atoms. The smallest absolute Gasteiger partial charge is 0.236 e. The highest BCUT2D eigenvalue weighted by molar-refractivity contribution is 6.30. The standard InChI is InChI=1S/C22H28ClN3O2/c1-3-28-21-9-7-18(8-10-21)16-24(2)22(27)17-25-11-13-26(14-12-25)20-6-4-5-19(23)15-20/h4-10,15H,3,11-14,16-17H2,1-2H3. The first kappa shape index (κ1) is 20.5. The lowest BCUT2D eigenvalue weighted by atomic mass is 10.2. The van der Waals surface area contributed by atoms with Gasteiger partial charge in [-0.25, -0.2) is 0 Å². The molecule has 0 N–H and O–H groups in total. The third-order valence-electron chi connectivity index (χ3n) is 4.98. The molecule has 0 aliphatic carbocycles. The zero-order valence-corrected chi connectivity index (χ0v) is 17.4. The number of benzene rings is 2. The van der Waals surface area contributed by atoms with Crippen molar-refractivity contribution in [2.75, 3.05) is 51.3 Å². The number of carbonyl (C=O) groups excluding carboxylic acids is 1. The zero-order chi connectivity index (χ0) is 19.9. The molecule has 0 saturated carbocycles. The van der Waals surface area contributed by atoms with E-state index < -0.39 is 0 Å². The highest BCUT2D eigenvalue weighted by atomic mass is 35.5. The summed E-state index contributed by atoms with van der Waals surface area (Å²) in [5, 5.41) is 0.756. The average molecular weight is 402 g/mol. The van der Waals surface area contributed by atoms with E-state index in [1.807, 2.05) is 56.4 Å². The van der Waals surface area contributed by atoms with Crippen molar-refractivity contribution in [1.29, 1.82) is 0 Å². The molecule has 2 aromatic rings. The molecule has 0 radical (unpaired) electrons. The molecule has 28 heavy (non-hydrogen) atoms. The number of carbonyl (C=O) groups is 1. The zero-order valence-electron chi connectivity index (χ0n) is 16.6. The molecule has 1 saturated heterocycles. The Kier molecular flexibility index (Phi) is 7.18. The molecule has 6 heteroatoms. The van der Waals surface area contributed by atoms with Gasteiger partial charge in [-0.15, -0.1) is 0 Å². The van der Waals surface area contributed by atoms with Crippen molar-refractivity contribution in [3.63, 3.8) is 0 Å². The molecule has 0 bridgehead atoms. The summed E-state index contributed by atoms with van der Waals surface area (Å²) in [7, 11) is 1.86. The van der Waals surface area contributed by atoms with Crippen LogP contribution in [0.2, 0.25) is 5.02 Å². The summed E-state index contributed by atoms with van der Waals surface area (Å²) < 4.78 is 5.46. The average Bonchev–Trinajstić information content (AvgIpc) is 2.70. The van der Waals surface area contributed by atoms with E-state index in [-0.39, 0.29) is 5.91 Å². The van der Waals surface area contributed by atoms with Crippen molar-refractivity contribution < 1.29 is 9.53 Å². The van der Waals surface area contributed by atoms with Gasteiger partial charge in [-0.2, -0.15) is 0 Å². The first-order valence-electron chi connectivity index (χ1n) is 9.73. The fraction of sp³-hybridized carbons (Fsp3) is 0.409. The Hall–Kier alpha value is -2.24. The molecular weight excluding hydrogens is 374 g/mol. The van der Waals surface area contributed by atoms with Crippen LogP contribution in [0.3, 0.4) is 0 Å². The van der Waals surface area contributed by atoms with Crippen LogP contribution in [0, 0.1) is 0 Å². The number of halogens is 1. The Bertz CT molecular complexity index is 774. The Labute approximate surface area is 172 Å². The van der Waals surface area contributed by atoms with Crippen LogP contribution in [-0.4, -0.2) is 62.1 Å². The molecule has 150 valence electrons. The van der Waals surface area contributed by atoms with Gasteiger partial charge < -0.3 is 14.5 Å². The van der Waals surface area contributed by atoms with Gasteiger partial charge in [0.15, 0.2) is 0 Å². The maximum Gasteiger partial charge on any atom is 0.236 e. The number of piperazine rings is 1. The van der Waals surface area contributed by atoms with Gasteiger partial charge in [-0.1, -0.05) is 29.8 Å². The Morgan fingerprint density at radius 3 is 2.46 bits per heavy atom. The lowest BCUT2D eigenvalue weighted by Crippen LogP contribution is -2.49. The van der Waals surface area contributed by atoms with Crippen LogP contribution in [0.4, 0.5) is 5.69 Å². The predicted octanol–water partition coefficient (Wildman–Crippen LogP) is 3.52. The van der Waals surface area contributed by atoms with Gasteiger partial charge in [0.2, 0.25) is 5.91 Å². The van der Waals surface area contributed by atoms with Gasteiger partial charge in [0.1, 0.15) is 5.75 Å². The summed E-state index contributed by atoms with van der Waals surface area (Å²) in [6.45, 7) is 7.22. The molecular formula is C22H28ClN3O2. The molecule has 0 unspecified atom stereocenters. The summed E-state index contributed by atoms with van der Waals surface area (Å²) in [4.78, 5) is 18.9. The van der Waals surface area contributed by atoms with Crippen LogP contribution in [0.1, 0.15) is 12.5 Å². The number of anilines is 1. The van der Waals surface area contributed by atoms with Crippen molar-refractivity contribution >= 4 is 23.2 Å². The lowest BCUT2D eigenvalue weighted by molar-refractivity contribution is -0.131. The number of hydrogen-bond acceptors (Lipinski definition) is 4. The van der Waals surface area contributed by atoms with E-state index >= 15 is 0 Å². The maximum atomic E-state index is 12.6. The molecule has 1 aliphatic heterocycles. The van der Waals surface area contributed by atoms with E-state index in [0.717, 1.165) is 48.2 Å². The Morgan fingerprint density at radius 1 is 1.11 bits per heavy atom. The van der Waals surface area contributed by atoms with Gasteiger partial charge in [-0.3, -0.25) is 9.69 Å². The summed E-state index contributed by atoms with van der Waals surface area (Å²) in [6.07, 6.45) is 0. The first-order valence-corrected chi connectivity index (χ1v) is 10.1. The second-order valence-electron chi connectivity index (χ2n) is 7.07. The molecule has 1 amide bonds. The van der Waals surface area contributed by atoms with Crippen LogP contribution in [0.5, 0.6) is 5.75 Å². The number of likely N-dealkylation sites (N-methyl/N-ethyl adjacent to an activating group) is 1. The van der Waals surface area contributed by atoms with E-state index in [2.05, 4.69) is 15.9 Å². The van der Waals surface area contributed by atoms with Crippen molar-refractivity contribution in [1.82, 2.24) is 9.80 Å². The minimum Gasteiger partial charge on any atom is -0.494 e. The van der Waals surface area contributed by atoms with Crippen LogP contribution in [0.25, 0.3) is 0 Å². The summed E-state index contributed by atoms with van der Waals surface area (Å²) in [5.74, 6) is 1.00. The van der Waals surface area contributed by atoms with Gasteiger partial charge in [-0.05, 0) is 42.8 Å². The predicted molar refractivity (Wildman–Crippen MR) is 114 cm³/mol. The van der Waals surface area contributed by atoms with E-state index in [1.165, 1.54) is 0 Å². The largest absolute Gasteiger partial charge is 0.494 e. The Morgan fingerprint density at radius 2 is 1.82 bits per heavy atom. The van der Waals surface area contributed by atoms with Gasteiger partial charge in [0.25, 0.3) is 0 Å². The van der Waals surface area contributed by atoms with Crippen molar-refractivity contribution in [2.24, 2.45) is 0 Å². The topological polar surface area (TPSA) is 36.0 Å². The van der Waals surface area contributed by atoms with Crippen LogP contribution in [0.15, 0.2) is 48.5 Å². The molecule has 2 aromatic carbocycles. The fourth-order valence-electron chi connectivity index (χ4n) is 3.37. The van der Waals surface area contributed by atoms with E-state index in [0.29, 0.717) is 19.7 Å².